The number of ether oxygens (including phenoxy) is 1. The Morgan fingerprint density at radius 1 is 1.22 bits per heavy atom. The fourth-order valence-corrected chi connectivity index (χ4v) is 2.57. The van der Waals surface area contributed by atoms with E-state index in [4.69, 9.17) is 16.3 Å². The molecule has 3 rings (SSSR count). The maximum absolute atomic E-state index is 12.4. The van der Waals surface area contributed by atoms with Gasteiger partial charge in [0.05, 0.1) is 5.02 Å². The number of halogens is 2. The van der Waals surface area contributed by atoms with Crippen LogP contribution >= 0.6 is 27.5 Å². The summed E-state index contributed by atoms with van der Waals surface area (Å²) in [4.78, 5) is 16.5. The lowest BCUT2D eigenvalue weighted by atomic mass is 10.2. The highest BCUT2D eigenvalue weighted by atomic mass is 79.9. The molecule has 23 heavy (non-hydrogen) atoms. The van der Waals surface area contributed by atoms with Crippen LogP contribution in [-0.2, 0) is 11.3 Å². The van der Waals surface area contributed by atoms with Crippen LogP contribution in [0, 0.1) is 0 Å². The molecule has 5 nitrogen and oxygen atoms in total. The van der Waals surface area contributed by atoms with E-state index >= 15 is 0 Å². The SMILES string of the molecule is O=C(OCc1ccccc1)c1cc(Br)nn1-c1ncccc1Cl. The quantitative estimate of drug-likeness (QED) is 0.629. The van der Waals surface area contributed by atoms with Gasteiger partial charge in [-0.15, -0.1) is 0 Å². The summed E-state index contributed by atoms with van der Waals surface area (Å²) in [5.74, 6) is -0.139. The average molecular weight is 393 g/mol. The molecule has 0 fully saturated rings. The molecule has 116 valence electrons. The average Bonchev–Trinajstić information content (AvgIpc) is 2.96. The highest BCUT2D eigenvalue weighted by Gasteiger charge is 2.19. The Morgan fingerprint density at radius 2 is 2.00 bits per heavy atom. The molecule has 2 heterocycles. The zero-order chi connectivity index (χ0) is 16.2. The molecule has 3 aromatic rings. The summed E-state index contributed by atoms with van der Waals surface area (Å²) in [7, 11) is 0. The van der Waals surface area contributed by atoms with Crippen LogP contribution < -0.4 is 0 Å². The van der Waals surface area contributed by atoms with Crippen molar-refractivity contribution >= 4 is 33.5 Å². The number of hydrogen-bond acceptors (Lipinski definition) is 4. The van der Waals surface area contributed by atoms with E-state index in [9.17, 15) is 4.79 Å². The van der Waals surface area contributed by atoms with Gasteiger partial charge in [0, 0.05) is 12.3 Å². The van der Waals surface area contributed by atoms with Gasteiger partial charge in [0.25, 0.3) is 0 Å². The second-order valence-electron chi connectivity index (χ2n) is 4.63. The maximum Gasteiger partial charge on any atom is 0.357 e. The van der Waals surface area contributed by atoms with E-state index in [1.165, 1.54) is 4.68 Å². The van der Waals surface area contributed by atoms with Crippen molar-refractivity contribution in [2.45, 2.75) is 6.61 Å². The number of pyridine rings is 1. The largest absolute Gasteiger partial charge is 0.456 e. The summed E-state index contributed by atoms with van der Waals surface area (Å²) in [5.41, 5.74) is 1.15. The first-order chi connectivity index (χ1) is 11.1. The molecule has 0 spiro atoms. The van der Waals surface area contributed by atoms with E-state index in [0.717, 1.165) is 5.56 Å². The minimum absolute atomic E-state index is 0.179. The van der Waals surface area contributed by atoms with Crippen molar-refractivity contribution in [3.05, 3.63) is 75.6 Å². The zero-order valence-corrected chi connectivity index (χ0v) is 14.2. The Hall–Kier alpha value is -2.18. The maximum atomic E-state index is 12.4. The minimum Gasteiger partial charge on any atom is -0.456 e. The van der Waals surface area contributed by atoms with Crippen molar-refractivity contribution in [2.75, 3.05) is 0 Å². The van der Waals surface area contributed by atoms with E-state index in [1.54, 1.807) is 24.4 Å². The van der Waals surface area contributed by atoms with Crippen LogP contribution in [0.2, 0.25) is 5.02 Å². The van der Waals surface area contributed by atoms with E-state index in [-0.39, 0.29) is 12.3 Å². The molecule has 0 bridgehead atoms. The normalized spacial score (nSPS) is 10.5. The van der Waals surface area contributed by atoms with Gasteiger partial charge >= 0.3 is 5.97 Å². The number of esters is 1. The Bertz CT molecular complexity index is 836. The molecule has 0 aliphatic rings. The molecule has 0 aliphatic heterocycles. The van der Waals surface area contributed by atoms with Crippen molar-refractivity contribution in [3.8, 4) is 5.82 Å². The molecule has 0 aliphatic carbocycles. The summed E-state index contributed by atoms with van der Waals surface area (Å²) in [5, 5.41) is 4.59. The number of nitrogens with zero attached hydrogens (tertiary/aromatic N) is 3. The van der Waals surface area contributed by atoms with Gasteiger partial charge in [-0.2, -0.15) is 5.10 Å². The minimum atomic E-state index is -0.506. The summed E-state index contributed by atoms with van der Waals surface area (Å²) >= 11 is 9.39. The van der Waals surface area contributed by atoms with Crippen LogP contribution in [0.5, 0.6) is 0 Å². The lowest BCUT2D eigenvalue weighted by molar-refractivity contribution is 0.0462. The summed E-state index contributed by atoms with van der Waals surface area (Å²) in [6.07, 6.45) is 1.58. The van der Waals surface area contributed by atoms with Gasteiger partial charge in [-0.3, -0.25) is 0 Å². The van der Waals surface area contributed by atoms with E-state index < -0.39 is 5.97 Å². The standard InChI is InChI=1S/C16H11BrClN3O2/c17-14-9-13(16(22)23-10-11-5-2-1-3-6-11)21(20-14)15-12(18)7-4-8-19-15/h1-9H,10H2. The third-order valence-corrected chi connectivity index (χ3v) is 3.72. The predicted octanol–water partition coefficient (Wildman–Crippen LogP) is 4.04. The van der Waals surface area contributed by atoms with E-state index in [0.29, 0.717) is 15.4 Å². The van der Waals surface area contributed by atoms with Crippen molar-refractivity contribution < 1.29 is 9.53 Å². The van der Waals surface area contributed by atoms with Crippen molar-refractivity contribution in [2.24, 2.45) is 0 Å². The Kier molecular flexibility index (Phi) is 4.73. The number of benzene rings is 1. The lowest BCUT2D eigenvalue weighted by Crippen LogP contribution is -2.13. The first kappa shape index (κ1) is 15.7. The van der Waals surface area contributed by atoms with Crippen LogP contribution in [0.1, 0.15) is 16.1 Å². The van der Waals surface area contributed by atoms with Gasteiger partial charge in [0.2, 0.25) is 0 Å². The number of carbonyl (C=O) groups excluding carboxylic acids is 1. The smallest absolute Gasteiger partial charge is 0.357 e. The molecular weight excluding hydrogens is 382 g/mol. The molecule has 0 N–H and O–H groups in total. The Labute approximate surface area is 146 Å². The third-order valence-electron chi connectivity index (χ3n) is 3.04. The molecular formula is C16H11BrClN3O2. The second-order valence-corrected chi connectivity index (χ2v) is 5.85. The number of carbonyl (C=O) groups is 1. The fourth-order valence-electron chi connectivity index (χ4n) is 1.99. The number of aromatic nitrogens is 3. The highest BCUT2D eigenvalue weighted by Crippen LogP contribution is 2.21. The van der Waals surface area contributed by atoms with E-state index in [1.807, 2.05) is 30.3 Å². The number of hydrogen-bond donors (Lipinski definition) is 0. The Balaban J connectivity index is 1.85. The molecule has 0 unspecified atom stereocenters. The highest BCUT2D eigenvalue weighted by molar-refractivity contribution is 9.10. The van der Waals surface area contributed by atoms with Crippen LogP contribution in [0.15, 0.2) is 59.3 Å². The van der Waals surface area contributed by atoms with Crippen molar-refractivity contribution in [1.29, 1.82) is 0 Å². The van der Waals surface area contributed by atoms with Gasteiger partial charge in [0.15, 0.2) is 11.5 Å². The fraction of sp³-hybridized carbons (Fsp3) is 0.0625. The molecule has 0 saturated carbocycles. The molecule has 0 atom stereocenters. The Morgan fingerprint density at radius 3 is 2.74 bits per heavy atom. The molecule has 0 radical (unpaired) electrons. The number of rotatable bonds is 4. The predicted molar refractivity (Wildman–Crippen MR) is 89.6 cm³/mol. The van der Waals surface area contributed by atoms with Crippen molar-refractivity contribution in [1.82, 2.24) is 14.8 Å². The summed E-state index contributed by atoms with van der Waals surface area (Å²) < 4.78 is 7.19. The van der Waals surface area contributed by atoms with Gasteiger partial charge in [0.1, 0.15) is 11.2 Å². The van der Waals surface area contributed by atoms with Gasteiger partial charge in [-0.05, 0) is 33.6 Å². The van der Waals surface area contributed by atoms with E-state index in [2.05, 4.69) is 26.0 Å². The van der Waals surface area contributed by atoms with Crippen LogP contribution in [0.3, 0.4) is 0 Å². The van der Waals surface area contributed by atoms with Gasteiger partial charge in [-0.1, -0.05) is 41.9 Å². The van der Waals surface area contributed by atoms with Crippen LogP contribution in [-0.4, -0.2) is 20.7 Å². The topological polar surface area (TPSA) is 57.0 Å². The first-order valence-corrected chi connectivity index (χ1v) is 7.90. The third kappa shape index (κ3) is 3.60. The monoisotopic (exact) mass is 391 g/mol. The lowest BCUT2D eigenvalue weighted by Gasteiger charge is -2.08. The molecule has 7 heteroatoms. The molecule has 1 aromatic carbocycles. The molecule has 2 aromatic heterocycles. The second kappa shape index (κ2) is 6.93. The zero-order valence-electron chi connectivity index (χ0n) is 11.8. The molecule has 0 amide bonds. The first-order valence-electron chi connectivity index (χ1n) is 6.72. The molecule has 0 saturated heterocycles. The van der Waals surface area contributed by atoms with Crippen molar-refractivity contribution in [3.63, 3.8) is 0 Å². The van der Waals surface area contributed by atoms with Crippen LogP contribution in [0.25, 0.3) is 5.82 Å². The summed E-state index contributed by atoms with van der Waals surface area (Å²) in [6.45, 7) is 0.179. The summed E-state index contributed by atoms with van der Waals surface area (Å²) in [6, 6.07) is 14.4. The van der Waals surface area contributed by atoms with Gasteiger partial charge < -0.3 is 4.74 Å². The van der Waals surface area contributed by atoms with Crippen LogP contribution in [0.4, 0.5) is 0 Å². The van der Waals surface area contributed by atoms with Gasteiger partial charge in [-0.25, -0.2) is 14.5 Å².